The fourth-order valence-corrected chi connectivity index (χ4v) is 4.61. The minimum atomic E-state index is 0.0502. The third-order valence-corrected chi connectivity index (χ3v) is 6.11. The molecule has 6 heteroatoms. The summed E-state index contributed by atoms with van der Waals surface area (Å²) in [5.74, 6) is 0. The second-order valence-electron chi connectivity index (χ2n) is 5.59. The first-order valence-electron chi connectivity index (χ1n) is 6.55. The molecule has 0 spiro atoms. The molecule has 0 saturated heterocycles. The van der Waals surface area contributed by atoms with Crippen molar-refractivity contribution < 1.29 is 0 Å². The number of thiazole rings is 1. The van der Waals surface area contributed by atoms with Crippen molar-refractivity contribution in [1.82, 2.24) is 15.2 Å². The number of hydrogen-bond acceptors (Lipinski definition) is 6. The van der Waals surface area contributed by atoms with Crippen molar-refractivity contribution in [3.05, 3.63) is 40.7 Å². The van der Waals surface area contributed by atoms with Crippen LogP contribution in [0.4, 0.5) is 0 Å². The maximum atomic E-state index is 4.67. The molecule has 0 amide bonds. The summed E-state index contributed by atoms with van der Waals surface area (Å²) in [5, 5.41) is 11.7. The Balaban J connectivity index is 1.77. The van der Waals surface area contributed by atoms with E-state index in [1.165, 1.54) is 0 Å². The van der Waals surface area contributed by atoms with Gasteiger partial charge in [0, 0.05) is 16.4 Å². The van der Waals surface area contributed by atoms with E-state index < -0.39 is 0 Å². The first-order chi connectivity index (χ1) is 10.0. The van der Waals surface area contributed by atoms with Crippen LogP contribution in [0.3, 0.4) is 0 Å². The van der Waals surface area contributed by atoms with Crippen molar-refractivity contribution in [2.75, 3.05) is 0 Å². The van der Waals surface area contributed by atoms with Crippen LogP contribution in [0.1, 0.15) is 25.8 Å². The third-order valence-electron chi connectivity index (χ3n) is 2.78. The van der Waals surface area contributed by atoms with Gasteiger partial charge in [-0.15, -0.1) is 21.5 Å². The molecule has 0 aliphatic carbocycles. The lowest BCUT2D eigenvalue weighted by Crippen LogP contribution is -2.10. The van der Waals surface area contributed by atoms with E-state index in [0.717, 1.165) is 24.9 Å². The van der Waals surface area contributed by atoms with Gasteiger partial charge >= 0.3 is 0 Å². The molecule has 2 aromatic heterocycles. The molecular weight excluding hydrogens is 318 g/mol. The van der Waals surface area contributed by atoms with E-state index in [0.29, 0.717) is 0 Å². The SMILES string of the molecule is CC(C)(C)c1nnc(Sc2nc(-c3ccccc3)cs2)s1. The quantitative estimate of drug-likeness (QED) is 0.667. The topological polar surface area (TPSA) is 38.7 Å². The van der Waals surface area contributed by atoms with Gasteiger partial charge in [-0.3, -0.25) is 0 Å². The first kappa shape index (κ1) is 14.7. The lowest BCUT2D eigenvalue weighted by molar-refractivity contribution is 0.577. The van der Waals surface area contributed by atoms with Crippen LogP contribution in [0.2, 0.25) is 0 Å². The van der Waals surface area contributed by atoms with Crippen molar-refractivity contribution in [1.29, 1.82) is 0 Å². The lowest BCUT2D eigenvalue weighted by atomic mass is 9.98. The minimum absolute atomic E-state index is 0.0502. The summed E-state index contributed by atoms with van der Waals surface area (Å²) < 4.78 is 1.96. The summed E-state index contributed by atoms with van der Waals surface area (Å²) in [6, 6.07) is 10.2. The van der Waals surface area contributed by atoms with E-state index in [1.54, 1.807) is 34.4 Å². The highest BCUT2D eigenvalue weighted by Crippen LogP contribution is 2.36. The molecule has 0 aliphatic heterocycles. The van der Waals surface area contributed by atoms with E-state index >= 15 is 0 Å². The van der Waals surface area contributed by atoms with Crippen LogP contribution in [-0.4, -0.2) is 15.2 Å². The maximum absolute atomic E-state index is 4.67. The number of aromatic nitrogens is 3. The largest absolute Gasteiger partial charge is 0.229 e. The zero-order chi connectivity index (χ0) is 14.9. The highest BCUT2D eigenvalue weighted by molar-refractivity contribution is 8.02. The normalized spacial score (nSPS) is 11.8. The van der Waals surface area contributed by atoms with Gasteiger partial charge in [0.2, 0.25) is 0 Å². The molecule has 0 N–H and O–H groups in total. The van der Waals surface area contributed by atoms with Crippen LogP contribution >= 0.6 is 34.4 Å². The van der Waals surface area contributed by atoms with Crippen molar-refractivity contribution in [3.8, 4) is 11.3 Å². The van der Waals surface area contributed by atoms with Crippen LogP contribution in [0, 0.1) is 0 Å². The van der Waals surface area contributed by atoms with Crippen LogP contribution in [0.15, 0.2) is 44.4 Å². The van der Waals surface area contributed by atoms with Crippen LogP contribution in [0.25, 0.3) is 11.3 Å². The van der Waals surface area contributed by atoms with E-state index in [9.17, 15) is 0 Å². The molecule has 0 atom stereocenters. The molecule has 3 aromatic rings. The molecule has 3 rings (SSSR count). The van der Waals surface area contributed by atoms with Gasteiger partial charge in [0.25, 0.3) is 0 Å². The van der Waals surface area contributed by atoms with E-state index in [2.05, 4.69) is 53.5 Å². The van der Waals surface area contributed by atoms with Crippen LogP contribution in [0.5, 0.6) is 0 Å². The lowest BCUT2D eigenvalue weighted by Gasteiger charge is -2.12. The zero-order valence-corrected chi connectivity index (χ0v) is 14.5. The van der Waals surface area contributed by atoms with Gasteiger partial charge in [-0.25, -0.2) is 4.98 Å². The smallest absolute Gasteiger partial charge is 0.181 e. The molecule has 21 heavy (non-hydrogen) atoms. The monoisotopic (exact) mass is 333 g/mol. The van der Waals surface area contributed by atoms with E-state index in [1.807, 2.05) is 18.2 Å². The molecule has 0 unspecified atom stereocenters. The Morgan fingerprint density at radius 2 is 1.76 bits per heavy atom. The first-order valence-corrected chi connectivity index (χ1v) is 9.06. The molecule has 0 aliphatic rings. The molecule has 1 aromatic carbocycles. The second-order valence-corrected chi connectivity index (χ2v) is 8.92. The Labute approximate surface area is 136 Å². The van der Waals surface area contributed by atoms with E-state index in [4.69, 9.17) is 0 Å². The molecule has 2 heterocycles. The number of rotatable bonds is 3. The molecule has 108 valence electrons. The molecular formula is C15H15N3S3. The van der Waals surface area contributed by atoms with Crippen molar-refractivity contribution in [3.63, 3.8) is 0 Å². The number of benzene rings is 1. The Hall–Kier alpha value is -1.24. The Morgan fingerprint density at radius 1 is 1.00 bits per heavy atom. The van der Waals surface area contributed by atoms with Gasteiger partial charge in [-0.2, -0.15) is 0 Å². The predicted molar refractivity (Wildman–Crippen MR) is 90.3 cm³/mol. The van der Waals surface area contributed by atoms with E-state index in [-0.39, 0.29) is 5.41 Å². The number of nitrogens with zero attached hydrogens (tertiary/aromatic N) is 3. The number of hydrogen-bond donors (Lipinski definition) is 0. The van der Waals surface area contributed by atoms with Crippen LogP contribution in [-0.2, 0) is 5.41 Å². The Kier molecular flexibility index (Phi) is 4.10. The predicted octanol–water partition coefficient (Wildman–Crippen LogP) is 5.11. The highest BCUT2D eigenvalue weighted by Gasteiger charge is 2.20. The van der Waals surface area contributed by atoms with Gasteiger partial charge in [-0.05, 0) is 11.8 Å². The molecule has 0 bridgehead atoms. The summed E-state index contributed by atoms with van der Waals surface area (Å²) >= 11 is 4.89. The summed E-state index contributed by atoms with van der Waals surface area (Å²) in [6.07, 6.45) is 0. The summed E-state index contributed by atoms with van der Waals surface area (Å²) in [5.41, 5.74) is 2.21. The second kappa shape index (κ2) is 5.87. The molecule has 0 saturated carbocycles. The summed E-state index contributed by atoms with van der Waals surface area (Å²) in [4.78, 5) is 4.67. The van der Waals surface area contributed by atoms with Crippen molar-refractivity contribution >= 4 is 34.4 Å². The van der Waals surface area contributed by atoms with Crippen LogP contribution < -0.4 is 0 Å². The van der Waals surface area contributed by atoms with Crippen molar-refractivity contribution in [2.45, 2.75) is 34.9 Å². The highest BCUT2D eigenvalue weighted by atomic mass is 32.2. The maximum Gasteiger partial charge on any atom is 0.181 e. The Bertz CT molecular complexity index is 726. The zero-order valence-electron chi connectivity index (χ0n) is 12.0. The average molecular weight is 334 g/mol. The fraction of sp³-hybridized carbons (Fsp3) is 0.267. The summed E-state index contributed by atoms with van der Waals surface area (Å²) in [6.45, 7) is 6.45. The molecule has 0 radical (unpaired) electrons. The van der Waals surface area contributed by atoms with Gasteiger partial charge in [0.05, 0.1) is 5.69 Å². The Morgan fingerprint density at radius 3 is 2.43 bits per heavy atom. The standard InChI is InChI=1S/C15H15N3S3/c1-15(2,3)12-17-18-14(20-12)21-13-16-11(9-19-13)10-7-5-4-6-8-10/h4-9H,1-3H3. The fourth-order valence-electron chi connectivity index (χ4n) is 1.67. The summed E-state index contributed by atoms with van der Waals surface area (Å²) in [7, 11) is 0. The average Bonchev–Trinajstić information content (AvgIpc) is 3.09. The van der Waals surface area contributed by atoms with Gasteiger partial charge in [0.15, 0.2) is 8.68 Å². The van der Waals surface area contributed by atoms with Gasteiger partial charge in [0.1, 0.15) is 5.01 Å². The molecule has 0 fully saturated rings. The van der Waals surface area contributed by atoms with Crippen molar-refractivity contribution in [2.24, 2.45) is 0 Å². The van der Waals surface area contributed by atoms with Gasteiger partial charge < -0.3 is 0 Å². The third kappa shape index (κ3) is 3.51. The van der Waals surface area contributed by atoms with Gasteiger partial charge in [-0.1, -0.05) is 62.4 Å². The molecule has 3 nitrogen and oxygen atoms in total. The minimum Gasteiger partial charge on any atom is -0.229 e.